The Morgan fingerprint density at radius 3 is 2.58 bits per heavy atom. The maximum absolute atomic E-state index is 13.2. The Balaban J connectivity index is 1.84. The highest BCUT2D eigenvalue weighted by atomic mass is 16.3. The summed E-state index contributed by atoms with van der Waals surface area (Å²) in [5.41, 5.74) is 10.7. The number of nitrogens with zero attached hydrogens (tertiary/aromatic N) is 6. The van der Waals surface area contributed by atoms with E-state index in [1.807, 2.05) is 43.3 Å². The summed E-state index contributed by atoms with van der Waals surface area (Å²) < 4.78 is 7.83. The van der Waals surface area contributed by atoms with Gasteiger partial charge in [0.2, 0.25) is 5.95 Å². The highest BCUT2D eigenvalue weighted by Crippen LogP contribution is 2.34. The Hall–Kier alpha value is -4.31. The zero-order valence-electron chi connectivity index (χ0n) is 18.1. The molecule has 0 unspecified atom stereocenters. The molecule has 166 valence electrons. The van der Waals surface area contributed by atoms with Crippen LogP contribution in [0.15, 0.2) is 58.1 Å². The number of fused-ring (bicyclic) bond motifs is 1. The van der Waals surface area contributed by atoms with Crippen molar-refractivity contribution in [3.63, 3.8) is 0 Å². The second-order valence-corrected chi connectivity index (χ2v) is 7.66. The van der Waals surface area contributed by atoms with E-state index in [-0.39, 0.29) is 19.1 Å². The molecule has 0 saturated carbocycles. The van der Waals surface area contributed by atoms with E-state index in [4.69, 9.17) is 10.2 Å². The standard InChI is InChI=1S/C23H21N7O3/c1-13-8-16(9-17(11-31)26-13)19-20(15-6-4-3-5-7-15)27-22(24)30-21(19)28-29(23(30)32)10-18-14(2)33-12-25-18/h3-9,12,31H,10-11H2,1-2H3,(H2,24,27). The molecule has 0 aliphatic rings. The van der Waals surface area contributed by atoms with Gasteiger partial charge < -0.3 is 15.3 Å². The third-order valence-electron chi connectivity index (χ3n) is 5.40. The molecule has 3 N–H and O–H groups in total. The molecule has 0 aliphatic heterocycles. The van der Waals surface area contributed by atoms with Crippen molar-refractivity contribution in [1.29, 1.82) is 0 Å². The number of aryl methyl sites for hydroxylation is 2. The highest BCUT2D eigenvalue weighted by molar-refractivity contribution is 5.90. The summed E-state index contributed by atoms with van der Waals surface area (Å²) in [6.45, 7) is 3.51. The van der Waals surface area contributed by atoms with Crippen LogP contribution < -0.4 is 11.4 Å². The normalized spacial score (nSPS) is 11.4. The predicted octanol–water partition coefficient (Wildman–Crippen LogP) is 2.35. The topological polar surface area (TPSA) is 137 Å². The fourth-order valence-corrected chi connectivity index (χ4v) is 3.86. The van der Waals surface area contributed by atoms with E-state index in [2.05, 4.69) is 20.1 Å². The van der Waals surface area contributed by atoms with Crippen molar-refractivity contribution < 1.29 is 9.52 Å². The van der Waals surface area contributed by atoms with Crippen LogP contribution in [0.4, 0.5) is 5.95 Å². The lowest BCUT2D eigenvalue weighted by atomic mass is 9.99. The molecule has 0 aliphatic carbocycles. The number of aliphatic hydroxyl groups excluding tert-OH is 1. The Labute approximate surface area is 188 Å². The zero-order valence-corrected chi connectivity index (χ0v) is 18.1. The van der Waals surface area contributed by atoms with Gasteiger partial charge in [-0.25, -0.2) is 23.8 Å². The molecule has 0 fully saturated rings. The van der Waals surface area contributed by atoms with E-state index in [1.165, 1.54) is 15.5 Å². The van der Waals surface area contributed by atoms with E-state index in [1.54, 1.807) is 13.0 Å². The molecule has 0 bridgehead atoms. The van der Waals surface area contributed by atoms with Gasteiger partial charge in [0.25, 0.3) is 0 Å². The highest BCUT2D eigenvalue weighted by Gasteiger charge is 2.22. The van der Waals surface area contributed by atoms with Gasteiger partial charge in [-0.1, -0.05) is 30.3 Å². The zero-order chi connectivity index (χ0) is 23.1. The van der Waals surface area contributed by atoms with Crippen LogP contribution in [0, 0.1) is 13.8 Å². The van der Waals surface area contributed by atoms with Crippen LogP contribution in [0.1, 0.15) is 22.8 Å². The SMILES string of the molecule is Cc1cc(-c2c(-c3ccccc3)nc(N)n3c(=O)n(Cc4ncoc4C)nc23)cc(CO)n1. The van der Waals surface area contributed by atoms with Crippen LogP contribution in [0.5, 0.6) is 0 Å². The number of aromatic nitrogens is 6. The maximum Gasteiger partial charge on any atom is 0.353 e. The summed E-state index contributed by atoms with van der Waals surface area (Å²) in [6, 6.07) is 13.2. The molecular weight excluding hydrogens is 422 g/mol. The van der Waals surface area contributed by atoms with E-state index in [9.17, 15) is 9.90 Å². The molecule has 33 heavy (non-hydrogen) atoms. The summed E-state index contributed by atoms with van der Waals surface area (Å²) in [5.74, 6) is 0.626. The quantitative estimate of drug-likeness (QED) is 0.422. The van der Waals surface area contributed by atoms with Gasteiger partial charge in [0.1, 0.15) is 11.5 Å². The van der Waals surface area contributed by atoms with Crippen molar-refractivity contribution in [3.8, 4) is 22.4 Å². The molecule has 0 amide bonds. The van der Waals surface area contributed by atoms with Crippen LogP contribution in [-0.2, 0) is 13.2 Å². The van der Waals surface area contributed by atoms with Crippen molar-refractivity contribution in [2.24, 2.45) is 0 Å². The van der Waals surface area contributed by atoms with Gasteiger partial charge in [0.15, 0.2) is 12.0 Å². The Morgan fingerprint density at radius 2 is 1.88 bits per heavy atom. The first-order chi connectivity index (χ1) is 16.0. The lowest BCUT2D eigenvalue weighted by Crippen LogP contribution is -2.24. The average molecular weight is 443 g/mol. The first kappa shape index (κ1) is 20.6. The second kappa shape index (κ2) is 7.99. The van der Waals surface area contributed by atoms with E-state index < -0.39 is 5.69 Å². The molecule has 10 heteroatoms. The Morgan fingerprint density at radius 1 is 1.09 bits per heavy atom. The van der Waals surface area contributed by atoms with E-state index >= 15 is 0 Å². The third kappa shape index (κ3) is 3.56. The lowest BCUT2D eigenvalue weighted by molar-refractivity contribution is 0.276. The summed E-state index contributed by atoms with van der Waals surface area (Å²) in [5, 5.41) is 14.3. The first-order valence-corrected chi connectivity index (χ1v) is 10.3. The number of rotatable bonds is 5. The number of aliphatic hydroxyl groups is 1. The fraction of sp³-hybridized carbons (Fsp3) is 0.174. The molecule has 1 aromatic carbocycles. The van der Waals surface area contributed by atoms with Crippen LogP contribution in [0.2, 0.25) is 0 Å². The molecule has 4 heterocycles. The Kier molecular flexibility index (Phi) is 4.98. The van der Waals surface area contributed by atoms with Gasteiger partial charge in [-0.05, 0) is 31.5 Å². The van der Waals surface area contributed by atoms with Crippen LogP contribution in [0.25, 0.3) is 28.0 Å². The van der Waals surface area contributed by atoms with Crippen molar-refractivity contribution in [2.75, 3.05) is 5.73 Å². The third-order valence-corrected chi connectivity index (χ3v) is 5.40. The van der Waals surface area contributed by atoms with Gasteiger partial charge in [0, 0.05) is 11.3 Å². The molecule has 0 radical (unpaired) electrons. The summed E-state index contributed by atoms with van der Waals surface area (Å²) >= 11 is 0. The largest absolute Gasteiger partial charge is 0.448 e. The van der Waals surface area contributed by atoms with Crippen LogP contribution in [-0.4, -0.2) is 34.2 Å². The summed E-state index contributed by atoms with van der Waals surface area (Å²) in [6.07, 6.45) is 1.33. The number of nitrogens with two attached hydrogens (primary N) is 1. The first-order valence-electron chi connectivity index (χ1n) is 10.3. The van der Waals surface area contributed by atoms with Gasteiger partial charge in [-0.3, -0.25) is 4.98 Å². The number of hydrogen-bond acceptors (Lipinski definition) is 8. The second-order valence-electron chi connectivity index (χ2n) is 7.66. The predicted molar refractivity (Wildman–Crippen MR) is 121 cm³/mol. The van der Waals surface area contributed by atoms with Crippen molar-refractivity contribution in [1.82, 2.24) is 29.1 Å². The molecule has 0 spiro atoms. The molecule has 0 saturated heterocycles. The lowest BCUT2D eigenvalue weighted by Gasteiger charge is -2.13. The molecule has 4 aromatic heterocycles. The van der Waals surface area contributed by atoms with Gasteiger partial charge in [-0.15, -0.1) is 5.10 Å². The molecule has 5 rings (SSSR count). The number of benzene rings is 1. The number of oxazole rings is 1. The molecule has 5 aromatic rings. The molecular formula is C23H21N7O3. The monoisotopic (exact) mass is 443 g/mol. The minimum Gasteiger partial charge on any atom is -0.448 e. The number of pyridine rings is 1. The fourth-order valence-electron chi connectivity index (χ4n) is 3.86. The smallest absolute Gasteiger partial charge is 0.353 e. The molecule has 0 atom stereocenters. The van der Waals surface area contributed by atoms with E-state index in [0.29, 0.717) is 39.7 Å². The number of nitrogen functional groups attached to an aromatic ring is 1. The minimum absolute atomic E-state index is 0.0221. The molecule has 10 nitrogen and oxygen atoms in total. The minimum atomic E-state index is -0.438. The van der Waals surface area contributed by atoms with Crippen LogP contribution >= 0.6 is 0 Å². The van der Waals surface area contributed by atoms with Crippen molar-refractivity contribution >= 4 is 11.6 Å². The van der Waals surface area contributed by atoms with Gasteiger partial charge in [-0.2, -0.15) is 0 Å². The van der Waals surface area contributed by atoms with Gasteiger partial charge in [0.05, 0.1) is 30.1 Å². The number of anilines is 1. The van der Waals surface area contributed by atoms with E-state index in [0.717, 1.165) is 11.1 Å². The number of hydrogen-bond donors (Lipinski definition) is 2. The van der Waals surface area contributed by atoms with Crippen LogP contribution in [0.3, 0.4) is 0 Å². The van der Waals surface area contributed by atoms with Crippen molar-refractivity contribution in [2.45, 2.75) is 27.0 Å². The van der Waals surface area contributed by atoms with Crippen molar-refractivity contribution in [3.05, 3.63) is 82.2 Å². The average Bonchev–Trinajstić information content (AvgIpc) is 3.37. The summed E-state index contributed by atoms with van der Waals surface area (Å²) in [7, 11) is 0. The summed E-state index contributed by atoms with van der Waals surface area (Å²) in [4.78, 5) is 26.4. The Bertz CT molecular complexity index is 1530. The van der Waals surface area contributed by atoms with Gasteiger partial charge >= 0.3 is 5.69 Å². The maximum atomic E-state index is 13.2.